The first-order chi connectivity index (χ1) is 7.33. The number of nitrogens with zero attached hydrogens (tertiary/aromatic N) is 2. The summed E-state index contributed by atoms with van der Waals surface area (Å²) in [5.74, 6) is 0.887. The van der Waals surface area contributed by atoms with E-state index in [0.29, 0.717) is 0 Å². The lowest BCUT2D eigenvalue weighted by Crippen LogP contribution is -2.07. The molecule has 0 aliphatic rings. The number of rotatable bonds is 7. The Kier molecular flexibility index (Phi) is 5.70. The Bertz CT molecular complexity index is 278. The first-order valence-electron chi connectivity index (χ1n) is 5.43. The SMILES string of the molecule is CCCOCCCNc1cc(C)ncn1. The van der Waals surface area contributed by atoms with Gasteiger partial charge in [-0.15, -0.1) is 0 Å². The van der Waals surface area contributed by atoms with Gasteiger partial charge in [0.25, 0.3) is 0 Å². The second-order valence-corrected chi connectivity index (χ2v) is 3.44. The van der Waals surface area contributed by atoms with Gasteiger partial charge in [-0.2, -0.15) is 0 Å². The third-order valence-corrected chi connectivity index (χ3v) is 1.92. The predicted octanol–water partition coefficient (Wildman–Crippen LogP) is 2.01. The van der Waals surface area contributed by atoms with Crippen molar-refractivity contribution in [3.63, 3.8) is 0 Å². The van der Waals surface area contributed by atoms with Crippen molar-refractivity contribution >= 4 is 5.82 Å². The monoisotopic (exact) mass is 209 g/mol. The standard InChI is InChI=1S/C11H19N3O/c1-3-6-15-7-4-5-12-11-8-10(2)13-9-14-11/h8-9H,3-7H2,1-2H3,(H,12,13,14). The third kappa shape index (κ3) is 5.32. The summed E-state index contributed by atoms with van der Waals surface area (Å²) in [6.07, 6.45) is 3.66. The normalized spacial score (nSPS) is 10.3. The highest BCUT2D eigenvalue weighted by atomic mass is 16.5. The maximum Gasteiger partial charge on any atom is 0.129 e. The van der Waals surface area contributed by atoms with Crippen LogP contribution in [-0.4, -0.2) is 29.7 Å². The fourth-order valence-corrected chi connectivity index (χ4v) is 1.19. The molecule has 0 aliphatic heterocycles. The smallest absolute Gasteiger partial charge is 0.129 e. The molecule has 1 heterocycles. The minimum Gasteiger partial charge on any atom is -0.381 e. The molecule has 4 heteroatoms. The zero-order valence-corrected chi connectivity index (χ0v) is 9.49. The molecule has 15 heavy (non-hydrogen) atoms. The lowest BCUT2D eigenvalue weighted by molar-refractivity contribution is 0.134. The van der Waals surface area contributed by atoms with Crippen LogP contribution in [-0.2, 0) is 4.74 Å². The van der Waals surface area contributed by atoms with E-state index in [-0.39, 0.29) is 0 Å². The van der Waals surface area contributed by atoms with E-state index in [0.717, 1.165) is 44.1 Å². The van der Waals surface area contributed by atoms with Crippen LogP contribution in [0.3, 0.4) is 0 Å². The van der Waals surface area contributed by atoms with E-state index < -0.39 is 0 Å². The maximum atomic E-state index is 5.37. The molecular formula is C11H19N3O. The van der Waals surface area contributed by atoms with E-state index in [1.54, 1.807) is 6.33 Å². The van der Waals surface area contributed by atoms with E-state index in [4.69, 9.17) is 4.74 Å². The molecule has 0 aliphatic carbocycles. The third-order valence-electron chi connectivity index (χ3n) is 1.92. The molecule has 0 saturated heterocycles. The van der Waals surface area contributed by atoms with Crippen molar-refractivity contribution in [1.29, 1.82) is 0 Å². The van der Waals surface area contributed by atoms with Gasteiger partial charge in [0.1, 0.15) is 12.1 Å². The summed E-state index contributed by atoms with van der Waals surface area (Å²) < 4.78 is 5.37. The Balaban J connectivity index is 2.10. The number of aryl methyl sites for hydroxylation is 1. The highest BCUT2D eigenvalue weighted by Crippen LogP contribution is 2.02. The van der Waals surface area contributed by atoms with Crippen LogP contribution in [0.1, 0.15) is 25.5 Å². The largest absolute Gasteiger partial charge is 0.381 e. The van der Waals surface area contributed by atoms with Gasteiger partial charge in [0.2, 0.25) is 0 Å². The molecule has 0 fully saturated rings. The number of hydrogen-bond donors (Lipinski definition) is 1. The highest BCUT2D eigenvalue weighted by molar-refractivity contribution is 5.33. The number of ether oxygens (including phenoxy) is 1. The molecule has 1 aromatic rings. The Morgan fingerprint density at radius 1 is 1.33 bits per heavy atom. The minimum atomic E-state index is 0.810. The number of hydrogen-bond acceptors (Lipinski definition) is 4. The first kappa shape index (κ1) is 11.9. The van der Waals surface area contributed by atoms with Crippen LogP contribution in [0.15, 0.2) is 12.4 Å². The Morgan fingerprint density at radius 3 is 2.93 bits per heavy atom. The molecule has 84 valence electrons. The molecule has 0 bridgehead atoms. The average molecular weight is 209 g/mol. The predicted molar refractivity (Wildman–Crippen MR) is 61.0 cm³/mol. The molecule has 0 aromatic carbocycles. The second kappa shape index (κ2) is 7.17. The molecule has 0 radical (unpaired) electrons. The maximum absolute atomic E-state index is 5.37. The zero-order chi connectivity index (χ0) is 10.9. The van der Waals surface area contributed by atoms with E-state index >= 15 is 0 Å². The molecule has 4 nitrogen and oxygen atoms in total. The van der Waals surface area contributed by atoms with Crippen LogP contribution < -0.4 is 5.32 Å². The molecule has 0 saturated carbocycles. The fourth-order valence-electron chi connectivity index (χ4n) is 1.19. The molecule has 0 spiro atoms. The molecule has 0 unspecified atom stereocenters. The van der Waals surface area contributed by atoms with Crippen LogP contribution in [0.5, 0.6) is 0 Å². The second-order valence-electron chi connectivity index (χ2n) is 3.44. The number of anilines is 1. The number of aromatic nitrogens is 2. The summed E-state index contributed by atoms with van der Waals surface area (Å²) in [5.41, 5.74) is 0.981. The van der Waals surface area contributed by atoms with Crippen molar-refractivity contribution in [3.8, 4) is 0 Å². The van der Waals surface area contributed by atoms with Crippen molar-refractivity contribution < 1.29 is 4.74 Å². The molecule has 0 amide bonds. The van der Waals surface area contributed by atoms with Gasteiger partial charge in [0, 0.05) is 31.5 Å². The first-order valence-corrected chi connectivity index (χ1v) is 5.43. The van der Waals surface area contributed by atoms with Gasteiger partial charge in [0.05, 0.1) is 0 Å². The summed E-state index contributed by atoms with van der Waals surface area (Å²) in [7, 11) is 0. The van der Waals surface area contributed by atoms with Crippen LogP contribution in [0.25, 0.3) is 0 Å². The van der Waals surface area contributed by atoms with Crippen molar-refractivity contribution in [2.24, 2.45) is 0 Å². The Hall–Kier alpha value is -1.16. The van der Waals surface area contributed by atoms with Gasteiger partial charge >= 0.3 is 0 Å². The van der Waals surface area contributed by atoms with Crippen LogP contribution in [0, 0.1) is 6.92 Å². The van der Waals surface area contributed by atoms with Crippen LogP contribution in [0.2, 0.25) is 0 Å². The van der Waals surface area contributed by atoms with Gasteiger partial charge in [-0.05, 0) is 19.8 Å². The van der Waals surface area contributed by atoms with E-state index in [1.165, 1.54) is 0 Å². The van der Waals surface area contributed by atoms with Crippen molar-refractivity contribution in [3.05, 3.63) is 18.1 Å². The molecule has 0 atom stereocenters. The molecular weight excluding hydrogens is 190 g/mol. The fraction of sp³-hybridized carbons (Fsp3) is 0.636. The van der Waals surface area contributed by atoms with E-state index in [2.05, 4.69) is 22.2 Å². The lowest BCUT2D eigenvalue weighted by Gasteiger charge is -2.05. The summed E-state index contributed by atoms with van der Waals surface area (Å²) in [4.78, 5) is 8.14. The zero-order valence-electron chi connectivity index (χ0n) is 9.49. The van der Waals surface area contributed by atoms with Gasteiger partial charge < -0.3 is 10.1 Å². The van der Waals surface area contributed by atoms with Crippen molar-refractivity contribution in [1.82, 2.24) is 9.97 Å². The van der Waals surface area contributed by atoms with Gasteiger partial charge in [-0.1, -0.05) is 6.92 Å². The Labute approximate surface area is 91.1 Å². The summed E-state index contributed by atoms with van der Waals surface area (Å²) in [6, 6.07) is 1.94. The molecule has 1 rings (SSSR count). The van der Waals surface area contributed by atoms with Gasteiger partial charge in [0.15, 0.2) is 0 Å². The topological polar surface area (TPSA) is 47.0 Å². The minimum absolute atomic E-state index is 0.810. The van der Waals surface area contributed by atoms with Crippen LogP contribution in [0.4, 0.5) is 5.82 Å². The summed E-state index contributed by atoms with van der Waals surface area (Å²) in [5, 5.41) is 3.23. The Morgan fingerprint density at radius 2 is 2.20 bits per heavy atom. The number of nitrogens with one attached hydrogen (secondary N) is 1. The van der Waals surface area contributed by atoms with Gasteiger partial charge in [-0.25, -0.2) is 9.97 Å². The molecule has 1 N–H and O–H groups in total. The van der Waals surface area contributed by atoms with E-state index in [1.807, 2.05) is 13.0 Å². The van der Waals surface area contributed by atoms with Crippen LogP contribution >= 0.6 is 0 Å². The quantitative estimate of drug-likeness (QED) is 0.698. The van der Waals surface area contributed by atoms with Gasteiger partial charge in [-0.3, -0.25) is 0 Å². The van der Waals surface area contributed by atoms with Crippen molar-refractivity contribution in [2.45, 2.75) is 26.7 Å². The summed E-state index contributed by atoms with van der Waals surface area (Å²) in [6.45, 7) is 6.62. The van der Waals surface area contributed by atoms with Crippen molar-refractivity contribution in [2.75, 3.05) is 25.1 Å². The lowest BCUT2D eigenvalue weighted by atomic mass is 10.4. The highest BCUT2D eigenvalue weighted by Gasteiger charge is 1.94. The average Bonchev–Trinajstić information content (AvgIpc) is 2.23. The molecule has 1 aromatic heterocycles. The van der Waals surface area contributed by atoms with E-state index in [9.17, 15) is 0 Å². The summed E-state index contributed by atoms with van der Waals surface area (Å²) >= 11 is 0.